The van der Waals surface area contributed by atoms with Gasteiger partial charge in [0.2, 0.25) is 0 Å². The van der Waals surface area contributed by atoms with E-state index in [1.807, 2.05) is 30.3 Å². The van der Waals surface area contributed by atoms with Crippen LogP contribution in [0.15, 0.2) is 52.3 Å². The van der Waals surface area contributed by atoms with Crippen LogP contribution in [0.1, 0.15) is 10.4 Å². The van der Waals surface area contributed by atoms with Crippen LogP contribution < -0.4 is 9.47 Å². The van der Waals surface area contributed by atoms with Crippen molar-refractivity contribution in [2.24, 2.45) is 0 Å². The lowest BCUT2D eigenvalue weighted by molar-refractivity contribution is 0.0693. The minimum atomic E-state index is -1.00. The maximum Gasteiger partial charge on any atom is 0.339 e. The van der Waals surface area contributed by atoms with Crippen LogP contribution in [0.4, 0.5) is 0 Å². The van der Waals surface area contributed by atoms with E-state index in [9.17, 15) is 4.79 Å². The van der Waals surface area contributed by atoms with Crippen LogP contribution >= 0.6 is 11.8 Å². The van der Waals surface area contributed by atoms with Crippen LogP contribution in [0.2, 0.25) is 0 Å². The first-order valence-corrected chi connectivity index (χ1v) is 6.69. The average Bonchev–Trinajstić information content (AvgIpc) is 2.48. The summed E-state index contributed by atoms with van der Waals surface area (Å²) >= 11 is 1.48. The molecule has 0 unspecified atom stereocenters. The molecule has 20 heavy (non-hydrogen) atoms. The Kier molecular flexibility index (Phi) is 4.53. The SMILES string of the molecule is COc1ccc(Sc2ccc(OC)c(C(=O)O)c2)cc1. The molecule has 0 aliphatic carbocycles. The first-order valence-electron chi connectivity index (χ1n) is 5.87. The predicted molar refractivity (Wildman–Crippen MR) is 77.1 cm³/mol. The van der Waals surface area contributed by atoms with Gasteiger partial charge in [0.25, 0.3) is 0 Å². The van der Waals surface area contributed by atoms with Crippen LogP contribution in [0.5, 0.6) is 11.5 Å². The van der Waals surface area contributed by atoms with E-state index in [1.165, 1.54) is 18.9 Å². The van der Waals surface area contributed by atoms with Crippen molar-refractivity contribution in [2.75, 3.05) is 14.2 Å². The Bertz CT molecular complexity index is 608. The molecule has 4 nitrogen and oxygen atoms in total. The number of ether oxygens (including phenoxy) is 2. The van der Waals surface area contributed by atoms with Gasteiger partial charge in [-0.05, 0) is 42.5 Å². The van der Waals surface area contributed by atoms with Crippen molar-refractivity contribution in [1.29, 1.82) is 0 Å². The van der Waals surface area contributed by atoms with E-state index >= 15 is 0 Å². The first kappa shape index (κ1) is 14.3. The molecule has 0 heterocycles. The molecule has 0 aliphatic rings. The highest BCUT2D eigenvalue weighted by atomic mass is 32.2. The fourth-order valence-corrected chi connectivity index (χ4v) is 2.55. The molecule has 0 radical (unpaired) electrons. The number of benzene rings is 2. The Balaban J connectivity index is 2.24. The van der Waals surface area contributed by atoms with Gasteiger partial charge in [0.1, 0.15) is 17.1 Å². The van der Waals surface area contributed by atoms with Gasteiger partial charge < -0.3 is 14.6 Å². The second kappa shape index (κ2) is 6.34. The smallest absolute Gasteiger partial charge is 0.339 e. The van der Waals surface area contributed by atoms with E-state index in [-0.39, 0.29) is 5.56 Å². The number of methoxy groups -OCH3 is 2. The summed E-state index contributed by atoms with van der Waals surface area (Å²) in [5.74, 6) is 0.144. The molecule has 0 saturated heterocycles. The van der Waals surface area contributed by atoms with Crippen LogP contribution in [0.3, 0.4) is 0 Å². The van der Waals surface area contributed by atoms with Gasteiger partial charge in [-0.15, -0.1) is 0 Å². The summed E-state index contributed by atoms with van der Waals surface area (Å²) in [6.07, 6.45) is 0. The predicted octanol–water partition coefficient (Wildman–Crippen LogP) is 3.55. The zero-order chi connectivity index (χ0) is 14.5. The third kappa shape index (κ3) is 3.24. The standard InChI is InChI=1S/C15H14O4S/c1-18-10-3-5-11(6-4-10)20-12-7-8-14(19-2)13(9-12)15(16)17/h3-9H,1-2H3,(H,16,17). The van der Waals surface area contributed by atoms with Crippen molar-refractivity contribution in [1.82, 2.24) is 0 Å². The Morgan fingerprint density at radius 3 is 2.20 bits per heavy atom. The summed E-state index contributed by atoms with van der Waals surface area (Å²) in [7, 11) is 3.07. The summed E-state index contributed by atoms with van der Waals surface area (Å²) in [6, 6.07) is 12.7. The summed E-state index contributed by atoms with van der Waals surface area (Å²) in [5, 5.41) is 9.15. The molecular weight excluding hydrogens is 276 g/mol. The summed E-state index contributed by atoms with van der Waals surface area (Å²) in [6.45, 7) is 0. The number of carboxylic acids is 1. The van der Waals surface area contributed by atoms with Gasteiger partial charge in [-0.2, -0.15) is 0 Å². The maximum atomic E-state index is 11.2. The molecule has 0 saturated carbocycles. The molecule has 0 aromatic heterocycles. The molecule has 0 atom stereocenters. The highest BCUT2D eigenvalue weighted by molar-refractivity contribution is 7.99. The van der Waals surface area contributed by atoms with Gasteiger partial charge in [-0.25, -0.2) is 4.79 Å². The highest BCUT2D eigenvalue weighted by Crippen LogP contribution is 2.32. The quantitative estimate of drug-likeness (QED) is 0.912. The van der Waals surface area contributed by atoms with Crippen molar-refractivity contribution >= 4 is 17.7 Å². The molecule has 5 heteroatoms. The fourth-order valence-electron chi connectivity index (χ4n) is 1.70. The molecule has 2 aromatic rings. The molecule has 0 amide bonds. The zero-order valence-corrected chi connectivity index (χ0v) is 11.9. The highest BCUT2D eigenvalue weighted by Gasteiger charge is 2.12. The van der Waals surface area contributed by atoms with Gasteiger partial charge in [0.15, 0.2) is 0 Å². The van der Waals surface area contributed by atoms with E-state index in [2.05, 4.69) is 0 Å². The van der Waals surface area contributed by atoms with Gasteiger partial charge in [-0.3, -0.25) is 0 Å². The van der Waals surface area contributed by atoms with Crippen molar-refractivity contribution in [3.05, 3.63) is 48.0 Å². The van der Waals surface area contributed by atoms with E-state index in [1.54, 1.807) is 19.2 Å². The molecular formula is C15H14O4S. The number of rotatable bonds is 5. The largest absolute Gasteiger partial charge is 0.497 e. The number of carbonyl (C=O) groups is 1. The van der Waals surface area contributed by atoms with Crippen molar-refractivity contribution in [3.63, 3.8) is 0 Å². The van der Waals surface area contributed by atoms with Crippen LogP contribution in [-0.2, 0) is 0 Å². The Morgan fingerprint density at radius 2 is 1.65 bits per heavy atom. The Labute approximate surface area is 121 Å². The molecule has 2 rings (SSSR count). The van der Waals surface area contributed by atoms with Crippen molar-refractivity contribution < 1.29 is 19.4 Å². The van der Waals surface area contributed by atoms with Crippen LogP contribution in [0, 0.1) is 0 Å². The maximum absolute atomic E-state index is 11.2. The zero-order valence-electron chi connectivity index (χ0n) is 11.1. The third-order valence-corrected chi connectivity index (χ3v) is 3.69. The molecule has 1 N–H and O–H groups in total. The van der Waals surface area contributed by atoms with Gasteiger partial charge in [0, 0.05) is 9.79 Å². The summed E-state index contributed by atoms with van der Waals surface area (Å²) in [4.78, 5) is 13.0. The number of hydrogen-bond acceptors (Lipinski definition) is 4. The molecule has 104 valence electrons. The number of carboxylic acid groups (broad SMARTS) is 1. The van der Waals surface area contributed by atoms with Crippen LogP contribution in [-0.4, -0.2) is 25.3 Å². The van der Waals surface area contributed by atoms with E-state index in [0.717, 1.165) is 15.5 Å². The van der Waals surface area contributed by atoms with Crippen molar-refractivity contribution in [2.45, 2.75) is 9.79 Å². The van der Waals surface area contributed by atoms with E-state index in [4.69, 9.17) is 14.6 Å². The normalized spacial score (nSPS) is 10.1. The molecule has 0 fully saturated rings. The third-order valence-electron chi connectivity index (χ3n) is 2.70. The molecule has 0 aliphatic heterocycles. The average molecular weight is 290 g/mol. The summed E-state index contributed by atoms with van der Waals surface area (Å²) in [5.41, 5.74) is 0.158. The Hall–Kier alpha value is -2.14. The molecule has 2 aromatic carbocycles. The molecule has 0 bridgehead atoms. The lowest BCUT2D eigenvalue weighted by Crippen LogP contribution is -2.00. The lowest BCUT2D eigenvalue weighted by Gasteiger charge is -2.08. The second-order valence-corrected chi connectivity index (χ2v) is 5.09. The van der Waals surface area contributed by atoms with Crippen molar-refractivity contribution in [3.8, 4) is 11.5 Å². The Morgan fingerprint density at radius 1 is 1.00 bits per heavy atom. The lowest BCUT2D eigenvalue weighted by atomic mass is 10.2. The number of aromatic carboxylic acids is 1. The van der Waals surface area contributed by atoms with Gasteiger partial charge in [-0.1, -0.05) is 11.8 Å². The van der Waals surface area contributed by atoms with Gasteiger partial charge in [0.05, 0.1) is 14.2 Å². The minimum absolute atomic E-state index is 0.158. The second-order valence-electron chi connectivity index (χ2n) is 3.94. The monoisotopic (exact) mass is 290 g/mol. The van der Waals surface area contributed by atoms with Gasteiger partial charge >= 0.3 is 5.97 Å². The van der Waals surface area contributed by atoms with E-state index in [0.29, 0.717) is 5.75 Å². The number of hydrogen-bond donors (Lipinski definition) is 1. The van der Waals surface area contributed by atoms with Crippen LogP contribution in [0.25, 0.3) is 0 Å². The fraction of sp³-hybridized carbons (Fsp3) is 0.133. The first-order chi connectivity index (χ1) is 9.63. The minimum Gasteiger partial charge on any atom is -0.497 e. The summed E-state index contributed by atoms with van der Waals surface area (Å²) < 4.78 is 10.1. The van der Waals surface area contributed by atoms with E-state index < -0.39 is 5.97 Å². The molecule has 0 spiro atoms. The topological polar surface area (TPSA) is 55.8 Å².